The first kappa shape index (κ1) is 15.3. The lowest BCUT2D eigenvalue weighted by molar-refractivity contribution is 0.185. The van der Waals surface area contributed by atoms with Gasteiger partial charge in [0.05, 0.1) is 6.61 Å². The van der Waals surface area contributed by atoms with Gasteiger partial charge in [-0.1, -0.05) is 24.3 Å². The molecule has 1 aromatic carbocycles. The molecule has 0 saturated carbocycles. The molecule has 0 aliphatic carbocycles. The van der Waals surface area contributed by atoms with E-state index in [0.717, 1.165) is 18.8 Å². The maximum absolute atomic E-state index is 9.04. The van der Waals surface area contributed by atoms with Crippen LogP contribution in [0.5, 0.6) is 0 Å². The zero-order valence-electron chi connectivity index (χ0n) is 12.8. The first-order valence-electron chi connectivity index (χ1n) is 6.98. The fourth-order valence-electron chi connectivity index (χ4n) is 2.39. The molecule has 0 aliphatic heterocycles. The molecule has 0 unspecified atom stereocenters. The fourth-order valence-corrected chi connectivity index (χ4v) is 2.39. The summed E-state index contributed by atoms with van der Waals surface area (Å²) >= 11 is 0. The highest BCUT2D eigenvalue weighted by molar-refractivity contribution is 5.34. The number of rotatable bonds is 6. The summed E-state index contributed by atoms with van der Waals surface area (Å²) < 4.78 is 7.07. The molecule has 4 heteroatoms. The van der Waals surface area contributed by atoms with Crippen LogP contribution in [-0.4, -0.2) is 11.7 Å². The van der Waals surface area contributed by atoms with Crippen molar-refractivity contribution in [3.05, 3.63) is 58.4 Å². The van der Waals surface area contributed by atoms with E-state index < -0.39 is 0 Å². The van der Waals surface area contributed by atoms with Gasteiger partial charge in [-0.15, -0.1) is 0 Å². The van der Waals surface area contributed by atoms with Gasteiger partial charge in [-0.05, 0) is 29.7 Å². The molecule has 2 rings (SSSR count). The van der Waals surface area contributed by atoms with Crippen molar-refractivity contribution in [1.29, 1.82) is 5.26 Å². The van der Waals surface area contributed by atoms with Gasteiger partial charge in [0.2, 0.25) is 0 Å². The summed E-state index contributed by atoms with van der Waals surface area (Å²) in [5, 5.41) is 12.5. The van der Waals surface area contributed by atoms with E-state index in [-0.39, 0.29) is 0 Å². The first-order valence-corrected chi connectivity index (χ1v) is 6.98. The van der Waals surface area contributed by atoms with Crippen molar-refractivity contribution >= 4 is 0 Å². The molecule has 1 heterocycles. The number of aromatic nitrogens is 1. The molecule has 0 aliphatic rings. The van der Waals surface area contributed by atoms with Crippen LogP contribution in [0.1, 0.15) is 28.1 Å². The second-order valence-electron chi connectivity index (χ2n) is 5.17. The largest absolute Gasteiger partial charge is 0.380 e. The Kier molecular flexibility index (Phi) is 5.15. The van der Waals surface area contributed by atoms with Gasteiger partial charge in [-0.25, -0.2) is 0 Å². The topological polar surface area (TPSA) is 50.0 Å². The van der Waals surface area contributed by atoms with Crippen molar-refractivity contribution in [1.82, 2.24) is 9.88 Å². The van der Waals surface area contributed by atoms with Gasteiger partial charge in [0.25, 0.3) is 0 Å². The van der Waals surface area contributed by atoms with Crippen molar-refractivity contribution in [2.24, 2.45) is 7.05 Å². The molecule has 0 spiro atoms. The lowest BCUT2D eigenvalue weighted by Crippen LogP contribution is -2.13. The number of methoxy groups -OCH3 is 1. The van der Waals surface area contributed by atoms with Crippen LogP contribution in [0.3, 0.4) is 0 Å². The van der Waals surface area contributed by atoms with Crippen molar-refractivity contribution in [3.63, 3.8) is 0 Å². The number of ether oxygens (including phenoxy) is 1. The standard InChI is InChI=1S/C17H21N3O/c1-13-16(8-17(9-18)20(13)2)11-19-10-14-5-4-6-15(7-14)12-21-3/h4-8,19H,10-12H2,1-3H3. The number of nitrogens with zero attached hydrogens (tertiary/aromatic N) is 2. The molecule has 0 saturated heterocycles. The summed E-state index contributed by atoms with van der Waals surface area (Å²) in [5.41, 5.74) is 5.42. The molecule has 2 aromatic rings. The van der Waals surface area contributed by atoms with E-state index in [4.69, 9.17) is 10.00 Å². The third-order valence-electron chi connectivity index (χ3n) is 3.70. The van der Waals surface area contributed by atoms with E-state index in [2.05, 4.69) is 29.6 Å². The Hall–Kier alpha value is -2.09. The van der Waals surface area contributed by atoms with E-state index in [1.54, 1.807) is 7.11 Å². The van der Waals surface area contributed by atoms with E-state index in [0.29, 0.717) is 12.3 Å². The summed E-state index contributed by atoms with van der Waals surface area (Å²) in [4.78, 5) is 0. The molecule has 21 heavy (non-hydrogen) atoms. The molecule has 110 valence electrons. The molecule has 0 fully saturated rings. The normalized spacial score (nSPS) is 10.6. The predicted molar refractivity (Wildman–Crippen MR) is 82.6 cm³/mol. The Balaban J connectivity index is 1.96. The molecule has 0 radical (unpaired) electrons. The van der Waals surface area contributed by atoms with Gasteiger partial charge in [0.15, 0.2) is 0 Å². The van der Waals surface area contributed by atoms with Gasteiger partial charge in [-0.3, -0.25) is 0 Å². The third kappa shape index (κ3) is 3.72. The van der Waals surface area contributed by atoms with E-state index in [1.807, 2.05) is 30.7 Å². The second kappa shape index (κ2) is 7.07. The number of benzene rings is 1. The monoisotopic (exact) mass is 283 g/mol. The van der Waals surface area contributed by atoms with Gasteiger partial charge in [0.1, 0.15) is 11.8 Å². The highest BCUT2D eigenvalue weighted by Gasteiger charge is 2.07. The zero-order chi connectivity index (χ0) is 15.2. The second-order valence-corrected chi connectivity index (χ2v) is 5.17. The molecule has 0 atom stereocenters. The number of nitriles is 1. The highest BCUT2D eigenvalue weighted by Crippen LogP contribution is 2.13. The van der Waals surface area contributed by atoms with E-state index in [9.17, 15) is 0 Å². The summed E-state index contributed by atoms with van der Waals surface area (Å²) in [6, 6.07) is 12.5. The van der Waals surface area contributed by atoms with Crippen molar-refractivity contribution in [3.8, 4) is 6.07 Å². The molecule has 1 aromatic heterocycles. The number of hydrogen-bond donors (Lipinski definition) is 1. The van der Waals surface area contributed by atoms with E-state index >= 15 is 0 Å². The number of nitrogens with one attached hydrogen (secondary N) is 1. The van der Waals surface area contributed by atoms with Crippen LogP contribution in [0.4, 0.5) is 0 Å². The Morgan fingerprint density at radius 1 is 1.24 bits per heavy atom. The van der Waals surface area contributed by atoms with Crippen LogP contribution in [0.2, 0.25) is 0 Å². The molecule has 0 amide bonds. The van der Waals surface area contributed by atoms with Crippen LogP contribution in [0.15, 0.2) is 30.3 Å². The average Bonchev–Trinajstić information content (AvgIpc) is 2.76. The summed E-state index contributed by atoms with van der Waals surface area (Å²) in [6.07, 6.45) is 0. The third-order valence-corrected chi connectivity index (χ3v) is 3.70. The van der Waals surface area contributed by atoms with E-state index in [1.165, 1.54) is 16.7 Å². The Morgan fingerprint density at radius 2 is 2.00 bits per heavy atom. The average molecular weight is 283 g/mol. The van der Waals surface area contributed by atoms with Crippen LogP contribution < -0.4 is 5.32 Å². The quantitative estimate of drug-likeness (QED) is 0.886. The minimum absolute atomic E-state index is 0.636. The fraction of sp³-hybridized carbons (Fsp3) is 0.353. The predicted octanol–water partition coefficient (Wildman–Crippen LogP) is 2.64. The van der Waals surface area contributed by atoms with Crippen LogP contribution in [0, 0.1) is 18.3 Å². The van der Waals surface area contributed by atoms with Crippen LogP contribution >= 0.6 is 0 Å². The summed E-state index contributed by atoms with van der Waals surface area (Å²) in [7, 11) is 3.63. The molecular formula is C17H21N3O. The van der Waals surface area contributed by atoms with Crippen molar-refractivity contribution < 1.29 is 4.74 Å². The smallest absolute Gasteiger partial charge is 0.120 e. The van der Waals surface area contributed by atoms with Crippen molar-refractivity contribution in [2.45, 2.75) is 26.6 Å². The van der Waals surface area contributed by atoms with Crippen molar-refractivity contribution in [2.75, 3.05) is 7.11 Å². The number of hydrogen-bond acceptors (Lipinski definition) is 3. The van der Waals surface area contributed by atoms with Gasteiger partial charge >= 0.3 is 0 Å². The minimum atomic E-state index is 0.636. The lowest BCUT2D eigenvalue weighted by atomic mass is 10.1. The molecule has 4 nitrogen and oxygen atoms in total. The van der Waals surface area contributed by atoms with Gasteiger partial charge in [-0.2, -0.15) is 5.26 Å². The molecule has 1 N–H and O–H groups in total. The summed E-state index contributed by atoms with van der Waals surface area (Å²) in [6.45, 7) is 4.23. The highest BCUT2D eigenvalue weighted by atomic mass is 16.5. The maximum atomic E-state index is 9.04. The zero-order valence-corrected chi connectivity index (χ0v) is 12.8. The Morgan fingerprint density at radius 3 is 2.67 bits per heavy atom. The minimum Gasteiger partial charge on any atom is -0.380 e. The Bertz CT molecular complexity index is 653. The SMILES string of the molecule is COCc1cccc(CNCc2cc(C#N)n(C)c2C)c1. The Labute approximate surface area is 126 Å². The first-order chi connectivity index (χ1) is 10.2. The lowest BCUT2D eigenvalue weighted by Gasteiger charge is -2.07. The van der Waals surface area contributed by atoms with Gasteiger partial charge in [0, 0.05) is 32.9 Å². The van der Waals surface area contributed by atoms with Crippen LogP contribution in [-0.2, 0) is 31.5 Å². The van der Waals surface area contributed by atoms with Gasteiger partial charge < -0.3 is 14.6 Å². The van der Waals surface area contributed by atoms with Crippen LogP contribution in [0.25, 0.3) is 0 Å². The maximum Gasteiger partial charge on any atom is 0.120 e. The molecular weight excluding hydrogens is 262 g/mol. The molecule has 0 bridgehead atoms. The summed E-state index contributed by atoms with van der Waals surface area (Å²) in [5.74, 6) is 0.